The number of ether oxygens (including phenoxy) is 1. The Hall–Kier alpha value is -2.83. The highest BCUT2D eigenvalue weighted by atomic mass is 16.5. The molecular weight excluding hydrogens is 370 g/mol. The van der Waals surface area contributed by atoms with Crippen molar-refractivity contribution in [3.63, 3.8) is 0 Å². The molecule has 0 saturated carbocycles. The van der Waals surface area contributed by atoms with Gasteiger partial charge in [0.1, 0.15) is 23.2 Å². The van der Waals surface area contributed by atoms with Gasteiger partial charge in [-0.05, 0) is 44.7 Å². The highest BCUT2D eigenvalue weighted by Gasteiger charge is 2.66. The van der Waals surface area contributed by atoms with Gasteiger partial charge in [0.2, 0.25) is 17.7 Å². The lowest BCUT2D eigenvalue weighted by Gasteiger charge is -2.41. The summed E-state index contributed by atoms with van der Waals surface area (Å²) in [4.78, 5) is 43.6. The Morgan fingerprint density at radius 2 is 2.00 bits per heavy atom. The van der Waals surface area contributed by atoms with E-state index >= 15 is 0 Å². The van der Waals surface area contributed by atoms with Gasteiger partial charge < -0.3 is 19.9 Å². The van der Waals surface area contributed by atoms with Crippen LogP contribution in [0.5, 0.6) is 5.75 Å². The van der Waals surface area contributed by atoms with Crippen LogP contribution in [-0.2, 0) is 19.8 Å². The molecule has 5 rings (SSSR count). The molecule has 4 atom stereocenters. The first-order chi connectivity index (χ1) is 13.9. The number of anilines is 1. The van der Waals surface area contributed by atoms with Crippen LogP contribution < -0.4 is 10.1 Å². The van der Waals surface area contributed by atoms with Crippen molar-refractivity contribution in [3.8, 4) is 5.75 Å². The fourth-order valence-electron chi connectivity index (χ4n) is 5.64. The Morgan fingerprint density at radius 3 is 2.72 bits per heavy atom. The molecule has 1 aromatic carbocycles. The van der Waals surface area contributed by atoms with Gasteiger partial charge in [-0.25, -0.2) is 0 Å². The molecule has 4 heterocycles. The molecule has 4 aliphatic rings. The van der Waals surface area contributed by atoms with E-state index in [4.69, 9.17) is 4.74 Å². The maximum absolute atomic E-state index is 13.4. The van der Waals surface area contributed by atoms with E-state index in [-0.39, 0.29) is 23.8 Å². The lowest BCUT2D eigenvalue weighted by Crippen LogP contribution is -2.62. The lowest BCUT2D eigenvalue weighted by atomic mass is 9.73. The number of hydrogen-bond acceptors (Lipinski definition) is 4. The second-order valence-electron chi connectivity index (χ2n) is 8.68. The van der Waals surface area contributed by atoms with Crippen LogP contribution in [0.2, 0.25) is 0 Å². The lowest BCUT2D eigenvalue weighted by molar-refractivity contribution is -0.158. The van der Waals surface area contributed by atoms with Crippen LogP contribution in [0.25, 0.3) is 0 Å². The van der Waals surface area contributed by atoms with Gasteiger partial charge in [-0.15, -0.1) is 0 Å². The van der Waals surface area contributed by atoms with Crippen LogP contribution in [0.4, 0.5) is 5.69 Å². The van der Waals surface area contributed by atoms with Crippen LogP contribution in [0, 0.1) is 0 Å². The van der Waals surface area contributed by atoms with Crippen molar-refractivity contribution in [1.29, 1.82) is 0 Å². The van der Waals surface area contributed by atoms with Crippen molar-refractivity contribution in [1.82, 2.24) is 9.80 Å². The minimum absolute atomic E-state index is 0.0223. The Morgan fingerprint density at radius 1 is 1.21 bits per heavy atom. The molecule has 7 nitrogen and oxygen atoms in total. The van der Waals surface area contributed by atoms with Gasteiger partial charge in [0, 0.05) is 18.3 Å². The first-order valence-corrected chi connectivity index (χ1v) is 10.2. The number of hydrogen-bond donors (Lipinski definition) is 1. The predicted molar refractivity (Wildman–Crippen MR) is 107 cm³/mol. The Bertz CT molecular complexity index is 967. The van der Waals surface area contributed by atoms with Crippen LogP contribution in [-0.4, -0.2) is 59.3 Å². The quantitative estimate of drug-likeness (QED) is 0.775. The summed E-state index contributed by atoms with van der Waals surface area (Å²) in [6.45, 7) is 4.54. The zero-order chi connectivity index (χ0) is 20.5. The molecule has 1 aromatic rings. The predicted octanol–water partition coefficient (Wildman–Crippen LogP) is 1.83. The smallest absolute Gasteiger partial charge is 0.246 e. The zero-order valence-corrected chi connectivity index (χ0v) is 16.9. The highest BCUT2D eigenvalue weighted by molar-refractivity contribution is 6.10. The number of amides is 3. The van der Waals surface area contributed by atoms with Crippen LogP contribution in [0.3, 0.4) is 0 Å². The van der Waals surface area contributed by atoms with Gasteiger partial charge in [0.05, 0.1) is 13.2 Å². The Kier molecular flexibility index (Phi) is 3.82. The zero-order valence-electron chi connectivity index (χ0n) is 16.9. The standard InChI is InChI=1S/C22H25N3O4/c1-12(2)9-18-22(14-7-6-13(29-3)10-15(14)23-21(22)28)11-17-19(26)24-8-4-5-16(24)20(27)25(17)18/h6-7,9-10,16-18H,4-5,8,11H2,1-3H3,(H,23,28)/t16-,17+,18-,22-/m0/s1. The molecular formula is C22H25N3O4. The van der Waals surface area contributed by atoms with Crippen molar-refractivity contribution >= 4 is 23.4 Å². The Balaban J connectivity index is 1.69. The van der Waals surface area contributed by atoms with Crippen molar-refractivity contribution < 1.29 is 19.1 Å². The fourth-order valence-corrected chi connectivity index (χ4v) is 5.64. The van der Waals surface area contributed by atoms with Gasteiger partial charge in [0.15, 0.2) is 0 Å². The van der Waals surface area contributed by atoms with Crippen LogP contribution >= 0.6 is 0 Å². The van der Waals surface area contributed by atoms with E-state index in [2.05, 4.69) is 5.32 Å². The van der Waals surface area contributed by atoms with Gasteiger partial charge in [-0.3, -0.25) is 14.4 Å². The average Bonchev–Trinajstić information content (AvgIpc) is 3.36. The molecule has 0 radical (unpaired) electrons. The SMILES string of the molecule is COc1ccc2c(c1)NC(=O)[C@@]21C[C@@H]2C(=O)N3CCC[C@H]3C(=O)N2[C@H]1C=C(C)C. The number of nitrogens with zero attached hydrogens (tertiary/aromatic N) is 2. The Labute approximate surface area is 169 Å². The van der Waals surface area contributed by atoms with E-state index in [1.54, 1.807) is 23.0 Å². The van der Waals surface area contributed by atoms with E-state index in [1.807, 2.05) is 32.1 Å². The van der Waals surface area contributed by atoms with E-state index < -0.39 is 17.5 Å². The molecule has 0 bridgehead atoms. The number of rotatable bonds is 2. The second kappa shape index (κ2) is 6.08. The number of fused-ring (bicyclic) bond motifs is 4. The summed E-state index contributed by atoms with van der Waals surface area (Å²) >= 11 is 0. The average molecular weight is 395 g/mol. The van der Waals surface area contributed by atoms with E-state index in [0.717, 1.165) is 17.6 Å². The number of carbonyl (C=O) groups excluding carboxylic acids is 3. The summed E-state index contributed by atoms with van der Waals surface area (Å²) < 4.78 is 5.31. The maximum Gasteiger partial charge on any atom is 0.246 e. The molecule has 0 aromatic heterocycles. The molecule has 3 saturated heterocycles. The number of allylic oxidation sites excluding steroid dienone is 1. The highest BCUT2D eigenvalue weighted by Crippen LogP contribution is 2.53. The summed E-state index contributed by atoms with van der Waals surface area (Å²) in [6.07, 6.45) is 3.84. The summed E-state index contributed by atoms with van der Waals surface area (Å²) in [7, 11) is 1.58. The third-order valence-electron chi connectivity index (χ3n) is 6.87. The van der Waals surface area contributed by atoms with Crippen molar-refractivity contribution in [2.24, 2.45) is 0 Å². The second-order valence-corrected chi connectivity index (χ2v) is 8.68. The molecule has 4 aliphatic heterocycles. The molecule has 3 fully saturated rings. The number of piperazine rings is 1. The van der Waals surface area contributed by atoms with Crippen molar-refractivity contribution in [2.75, 3.05) is 19.0 Å². The number of benzene rings is 1. The molecule has 152 valence electrons. The molecule has 0 unspecified atom stereocenters. The molecule has 3 amide bonds. The first-order valence-electron chi connectivity index (χ1n) is 10.2. The first kappa shape index (κ1) is 18.2. The molecule has 1 N–H and O–H groups in total. The van der Waals surface area contributed by atoms with Gasteiger partial charge in [-0.2, -0.15) is 0 Å². The van der Waals surface area contributed by atoms with Crippen LogP contribution in [0.15, 0.2) is 29.8 Å². The molecule has 1 spiro atoms. The van der Waals surface area contributed by atoms with Gasteiger partial charge >= 0.3 is 0 Å². The minimum Gasteiger partial charge on any atom is -0.497 e. The largest absolute Gasteiger partial charge is 0.497 e. The van der Waals surface area contributed by atoms with Crippen molar-refractivity contribution in [2.45, 2.75) is 56.7 Å². The van der Waals surface area contributed by atoms with Gasteiger partial charge in [0.25, 0.3) is 0 Å². The van der Waals surface area contributed by atoms with Gasteiger partial charge in [-0.1, -0.05) is 17.7 Å². The maximum atomic E-state index is 13.4. The molecule has 29 heavy (non-hydrogen) atoms. The van der Waals surface area contributed by atoms with E-state index in [9.17, 15) is 14.4 Å². The van der Waals surface area contributed by atoms with E-state index in [0.29, 0.717) is 30.8 Å². The summed E-state index contributed by atoms with van der Waals surface area (Å²) in [5, 5.41) is 2.99. The number of methoxy groups -OCH3 is 1. The van der Waals surface area contributed by atoms with Crippen LogP contribution in [0.1, 0.15) is 38.7 Å². The number of carbonyl (C=O) groups is 3. The summed E-state index contributed by atoms with van der Waals surface area (Å²) in [6, 6.07) is 4.07. The molecule has 0 aliphatic carbocycles. The number of nitrogens with one attached hydrogen (secondary N) is 1. The summed E-state index contributed by atoms with van der Waals surface area (Å²) in [5.41, 5.74) is 1.58. The monoisotopic (exact) mass is 395 g/mol. The third kappa shape index (κ3) is 2.27. The van der Waals surface area contributed by atoms with Crippen molar-refractivity contribution in [3.05, 3.63) is 35.4 Å². The minimum atomic E-state index is -0.964. The fraction of sp³-hybridized carbons (Fsp3) is 0.500. The third-order valence-corrected chi connectivity index (χ3v) is 6.87. The summed E-state index contributed by atoms with van der Waals surface area (Å²) in [5.74, 6) is 0.453. The molecule has 7 heteroatoms. The van der Waals surface area contributed by atoms with E-state index in [1.165, 1.54) is 0 Å². The normalized spacial score (nSPS) is 32.2. The topological polar surface area (TPSA) is 79.0 Å².